The second-order valence-electron chi connectivity index (χ2n) is 6.17. The van der Waals surface area contributed by atoms with Gasteiger partial charge in [0, 0.05) is 12.6 Å². The highest BCUT2D eigenvalue weighted by atomic mass is 16.2. The van der Waals surface area contributed by atoms with Gasteiger partial charge in [-0.05, 0) is 30.4 Å². The van der Waals surface area contributed by atoms with Crippen LogP contribution in [-0.2, 0) is 22.6 Å². The van der Waals surface area contributed by atoms with Crippen LogP contribution in [0.4, 0.5) is 0 Å². The van der Waals surface area contributed by atoms with Gasteiger partial charge in [0.15, 0.2) is 0 Å². The molecule has 1 atom stereocenters. The first-order valence-electron chi connectivity index (χ1n) is 8.09. The summed E-state index contributed by atoms with van der Waals surface area (Å²) in [6.45, 7) is 0.762. The number of carbonyl (C=O) groups is 2. The average molecular weight is 301 g/mol. The first-order valence-corrected chi connectivity index (χ1v) is 8.09. The zero-order chi connectivity index (χ0) is 15.4. The number of hydrogen-bond donors (Lipinski definition) is 3. The predicted octanol–water partition coefficient (Wildman–Crippen LogP) is 0.876. The monoisotopic (exact) mass is 301 g/mol. The van der Waals surface area contributed by atoms with Crippen molar-refractivity contribution in [1.82, 2.24) is 16.0 Å². The summed E-state index contributed by atoms with van der Waals surface area (Å²) in [6.07, 6.45) is 5.15. The van der Waals surface area contributed by atoms with Crippen LogP contribution in [0.2, 0.25) is 0 Å². The van der Waals surface area contributed by atoms with E-state index >= 15 is 0 Å². The van der Waals surface area contributed by atoms with Gasteiger partial charge in [-0.3, -0.25) is 9.59 Å². The molecule has 0 aromatic heterocycles. The Balaban J connectivity index is 1.45. The van der Waals surface area contributed by atoms with E-state index in [-0.39, 0.29) is 24.4 Å². The van der Waals surface area contributed by atoms with E-state index < -0.39 is 0 Å². The Labute approximate surface area is 130 Å². The van der Waals surface area contributed by atoms with Gasteiger partial charge in [0.05, 0.1) is 12.6 Å². The van der Waals surface area contributed by atoms with Crippen LogP contribution in [-0.4, -0.2) is 30.4 Å². The summed E-state index contributed by atoms with van der Waals surface area (Å²) in [4.78, 5) is 24.0. The third kappa shape index (κ3) is 3.65. The molecule has 5 nitrogen and oxygen atoms in total. The van der Waals surface area contributed by atoms with Crippen molar-refractivity contribution >= 4 is 11.8 Å². The molecule has 1 fully saturated rings. The number of fused-ring (bicyclic) bond motifs is 1. The summed E-state index contributed by atoms with van der Waals surface area (Å²) < 4.78 is 0. The quantitative estimate of drug-likeness (QED) is 0.773. The molecule has 1 aromatic carbocycles. The molecule has 0 radical (unpaired) electrons. The highest BCUT2D eigenvalue weighted by molar-refractivity contribution is 5.87. The van der Waals surface area contributed by atoms with E-state index in [1.165, 1.54) is 24.0 Å². The number of hydrogen-bond acceptors (Lipinski definition) is 3. The summed E-state index contributed by atoms with van der Waals surface area (Å²) in [5, 5.41) is 8.95. The maximum atomic E-state index is 12.2. The number of nitrogens with one attached hydrogen (secondary N) is 3. The first kappa shape index (κ1) is 15.0. The average Bonchev–Trinajstić information content (AvgIpc) is 3.05. The highest BCUT2D eigenvalue weighted by Gasteiger charge is 2.24. The van der Waals surface area contributed by atoms with Crippen LogP contribution in [0.1, 0.15) is 36.8 Å². The zero-order valence-corrected chi connectivity index (χ0v) is 12.7. The fraction of sp³-hybridized carbons (Fsp3) is 0.529. The lowest BCUT2D eigenvalue weighted by atomic mass is 9.95. The van der Waals surface area contributed by atoms with Crippen molar-refractivity contribution in [2.75, 3.05) is 6.54 Å². The molecule has 22 heavy (non-hydrogen) atoms. The molecule has 0 unspecified atom stereocenters. The lowest BCUT2D eigenvalue weighted by molar-refractivity contribution is -0.127. The Morgan fingerprint density at radius 1 is 1.14 bits per heavy atom. The normalized spacial score (nSPS) is 21.2. The zero-order valence-electron chi connectivity index (χ0n) is 12.7. The topological polar surface area (TPSA) is 70.2 Å². The Kier molecular flexibility index (Phi) is 4.73. The number of carbonyl (C=O) groups excluding carboxylic acids is 2. The largest absolute Gasteiger partial charge is 0.352 e. The maximum absolute atomic E-state index is 12.2. The minimum absolute atomic E-state index is 0.0646. The molecule has 118 valence electrons. The van der Waals surface area contributed by atoms with Crippen molar-refractivity contribution < 1.29 is 9.59 Å². The van der Waals surface area contributed by atoms with E-state index in [2.05, 4.69) is 28.1 Å². The van der Waals surface area contributed by atoms with Crippen LogP contribution < -0.4 is 16.0 Å². The summed E-state index contributed by atoms with van der Waals surface area (Å²) in [6, 6.07) is 8.18. The standard InChI is InChI=1S/C17H23N3O2/c21-16(20-14-7-3-4-8-14)11-19-17(22)15-9-12-5-1-2-6-13(12)10-18-15/h1-2,5-6,14-15,18H,3-4,7-11H2,(H,19,22)(H,20,21)/t15-/m1/s1. The molecule has 0 saturated heterocycles. The van der Waals surface area contributed by atoms with Crippen LogP contribution >= 0.6 is 0 Å². The summed E-state index contributed by atoms with van der Waals surface area (Å²) in [5.41, 5.74) is 2.45. The minimum Gasteiger partial charge on any atom is -0.352 e. The Morgan fingerprint density at radius 3 is 2.64 bits per heavy atom. The van der Waals surface area contributed by atoms with Crippen molar-refractivity contribution in [1.29, 1.82) is 0 Å². The SMILES string of the molecule is O=C(CNC(=O)[C@H]1Cc2ccccc2CN1)NC1CCCC1. The molecule has 0 spiro atoms. The lowest BCUT2D eigenvalue weighted by Gasteiger charge is -2.25. The van der Waals surface area contributed by atoms with E-state index in [1.54, 1.807) is 0 Å². The first-order chi connectivity index (χ1) is 10.7. The summed E-state index contributed by atoms with van der Waals surface area (Å²) >= 11 is 0. The van der Waals surface area contributed by atoms with E-state index in [0.29, 0.717) is 19.0 Å². The molecular weight excluding hydrogens is 278 g/mol. The van der Waals surface area contributed by atoms with Crippen LogP contribution in [0.3, 0.4) is 0 Å². The molecule has 3 rings (SSSR count). The molecule has 5 heteroatoms. The molecule has 1 aliphatic heterocycles. The summed E-state index contributed by atoms with van der Waals surface area (Å²) in [7, 11) is 0. The lowest BCUT2D eigenvalue weighted by Crippen LogP contribution is -2.50. The molecule has 2 amide bonds. The van der Waals surface area contributed by atoms with Gasteiger partial charge in [0.1, 0.15) is 0 Å². The molecular formula is C17H23N3O2. The van der Waals surface area contributed by atoms with Gasteiger partial charge in [-0.25, -0.2) is 0 Å². The minimum atomic E-state index is -0.255. The molecule has 0 bridgehead atoms. The Bertz CT molecular complexity index is 553. The van der Waals surface area contributed by atoms with Gasteiger partial charge in [0.2, 0.25) is 11.8 Å². The van der Waals surface area contributed by atoms with Crippen LogP contribution in [0.25, 0.3) is 0 Å². The smallest absolute Gasteiger partial charge is 0.239 e. The van der Waals surface area contributed by atoms with Gasteiger partial charge in [0.25, 0.3) is 0 Å². The molecule has 1 aliphatic carbocycles. The third-order valence-corrected chi connectivity index (χ3v) is 4.54. The van der Waals surface area contributed by atoms with Crippen molar-refractivity contribution in [3.05, 3.63) is 35.4 Å². The number of amides is 2. The fourth-order valence-electron chi connectivity index (χ4n) is 3.28. The Hall–Kier alpha value is -1.88. The van der Waals surface area contributed by atoms with Crippen molar-refractivity contribution in [2.24, 2.45) is 0 Å². The summed E-state index contributed by atoms with van der Waals surface area (Å²) in [5.74, 6) is -0.187. The molecule has 3 N–H and O–H groups in total. The van der Waals surface area contributed by atoms with Gasteiger partial charge in [-0.15, -0.1) is 0 Å². The highest BCUT2D eigenvalue weighted by Crippen LogP contribution is 2.17. The van der Waals surface area contributed by atoms with Gasteiger partial charge >= 0.3 is 0 Å². The van der Waals surface area contributed by atoms with E-state index in [0.717, 1.165) is 12.8 Å². The van der Waals surface area contributed by atoms with Gasteiger partial charge in [-0.1, -0.05) is 37.1 Å². The molecule has 1 saturated carbocycles. The number of rotatable bonds is 4. The predicted molar refractivity (Wildman–Crippen MR) is 84.2 cm³/mol. The van der Waals surface area contributed by atoms with E-state index in [4.69, 9.17) is 0 Å². The molecule has 1 heterocycles. The Morgan fingerprint density at radius 2 is 1.86 bits per heavy atom. The third-order valence-electron chi connectivity index (χ3n) is 4.54. The number of benzene rings is 1. The van der Waals surface area contributed by atoms with Crippen molar-refractivity contribution in [3.63, 3.8) is 0 Å². The van der Waals surface area contributed by atoms with Crippen molar-refractivity contribution in [2.45, 2.75) is 50.7 Å². The van der Waals surface area contributed by atoms with E-state index in [1.807, 2.05) is 12.1 Å². The molecule has 2 aliphatic rings. The van der Waals surface area contributed by atoms with Gasteiger partial charge in [-0.2, -0.15) is 0 Å². The fourth-order valence-corrected chi connectivity index (χ4v) is 3.28. The second-order valence-corrected chi connectivity index (χ2v) is 6.17. The molecule has 1 aromatic rings. The van der Waals surface area contributed by atoms with Crippen molar-refractivity contribution in [3.8, 4) is 0 Å². The second kappa shape index (κ2) is 6.92. The van der Waals surface area contributed by atoms with Gasteiger partial charge < -0.3 is 16.0 Å². The van der Waals surface area contributed by atoms with Crippen LogP contribution in [0, 0.1) is 0 Å². The van der Waals surface area contributed by atoms with E-state index in [9.17, 15) is 9.59 Å². The van der Waals surface area contributed by atoms with Crippen LogP contribution in [0.15, 0.2) is 24.3 Å². The maximum Gasteiger partial charge on any atom is 0.239 e. The van der Waals surface area contributed by atoms with Crippen LogP contribution in [0.5, 0.6) is 0 Å².